The molecule has 0 aliphatic heterocycles. The van der Waals surface area contributed by atoms with E-state index in [4.69, 9.17) is 9.15 Å². The molecule has 0 saturated heterocycles. The smallest absolute Gasteiger partial charge is 0.304 e. The predicted octanol–water partition coefficient (Wildman–Crippen LogP) is 4.55. The van der Waals surface area contributed by atoms with Gasteiger partial charge in [0.2, 0.25) is 5.89 Å². The van der Waals surface area contributed by atoms with Crippen molar-refractivity contribution in [3.63, 3.8) is 0 Å². The van der Waals surface area contributed by atoms with Gasteiger partial charge in [0, 0.05) is 17.3 Å². The Morgan fingerprint density at radius 2 is 2.00 bits per heavy atom. The topological polar surface area (TPSA) is 98.3 Å². The van der Waals surface area contributed by atoms with Crippen molar-refractivity contribution < 1.29 is 23.4 Å². The number of nitrogens with zero attached hydrogens (tertiary/aromatic N) is 3. The first kappa shape index (κ1) is 21.4. The molecule has 0 saturated carbocycles. The number of benzene rings is 1. The number of carboxylic acids is 1. The molecule has 4 rings (SSSR count). The van der Waals surface area contributed by atoms with Crippen molar-refractivity contribution in [3.05, 3.63) is 83.6 Å². The van der Waals surface area contributed by atoms with Gasteiger partial charge in [-0.05, 0) is 61.2 Å². The van der Waals surface area contributed by atoms with Gasteiger partial charge in [-0.25, -0.2) is 19.3 Å². The molecule has 3 heterocycles. The van der Waals surface area contributed by atoms with Crippen LogP contribution in [0.3, 0.4) is 0 Å². The molecule has 164 valence electrons. The third kappa shape index (κ3) is 4.91. The van der Waals surface area contributed by atoms with Gasteiger partial charge in [0.15, 0.2) is 17.2 Å². The first-order chi connectivity index (χ1) is 15.5. The molecule has 1 unspecified atom stereocenters. The van der Waals surface area contributed by atoms with Crippen LogP contribution in [0.1, 0.15) is 41.6 Å². The summed E-state index contributed by atoms with van der Waals surface area (Å²) in [4.78, 5) is 24.7. The second-order valence-corrected chi connectivity index (χ2v) is 7.43. The summed E-state index contributed by atoms with van der Waals surface area (Å²) in [5.41, 5.74) is 2.84. The Labute approximate surface area is 183 Å². The highest BCUT2D eigenvalue weighted by molar-refractivity contribution is 5.74. The number of oxazole rings is 1. The van der Waals surface area contributed by atoms with Crippen molar-refractivity contribution in [1.82, 2.24) is 15.0 Å². The quantitative estimate of drug-likeness (QED) is 0.412. The molecule has 0 bridgehead atoms. The van der Waals surface area contributed by atoms with Gasteiger partial charge in [-0.3, -0.25) is 4.79 Å². The lowest BCUT2D eigenvalue weighted by molar-refractivity contribution is -0.137. The van der Waals surface area contributed by atoms with Crippen molar-refractivity contribution in [2.45, 2.75) is 31.6 Å². The average molecular weight is 435 g/mol. The molecule has 0 aliphatic carbocycles. The SMILES string of the molecule is COc1ccc(C(CC(=O)O)c2nc(CCCc3ccc4cccnc4n3)co2)cc1F. The van der Waals surface area contributed by atoms with E-state index in [0.717, 1.165) is 29.6 Å². The molecule has 32 heavy (non-hydrogen) atoms. The maximum Gasteiger partial charge on any atom is 0.304 e. The summed E-state index contributed by atoms with van der Waals surface area (Å²) in [5.74, 6) is -1.95. The van der Waals surface area contributed by atoms with Gasteiger partial charge < -0.3 is 14.3 Å². The minimum absolute atomic E-state index is 0.0911. The number of halogens is 1. The summed E-state index contributed by atoms with van der Waals surface area (Å²) in [7, 11) is 1.37. The first-order valence-corrected chi connectivity index (χ1v) is 10.2. The fraction of sp³-hybridized carbons (Fsp3) is 0.250. The number of fused-ring (bicyclic) bond motifs is 1. The number of carbonyl (C=O) groups is 1. The number of aliphatic carboxylic acids is 1. The van der Waals surface area contributed by atoms with Crippen LogP contribution in [0.2, 0.25) is 0 Å². The third-order valence-corrected chi connectivity index (χ3v) is 5.21. The van der Waals surface area contributed by atoms with Crippen LogP contribution >= 0.6 is 0 Å². The maximum absolute atomic E-state index is 14.2. The number of rotatable bonds is 9. The van der Waals surface area contributed by atoms with Crippen molar-refractivity contribution in [1.29, 1.82) is 0 Å². The third-order valence-electron chi connectivity index (χ3n) is 5.21. The van der Waals surface area contributed by atoms with Crippen LogP contribution in [-0.2, 0) is 17.6 Å². The summed E-state index contributed by atoms with van der Waals surface area (Å²) >= 11 is 0. The van der Waals surface area contributed by atoms with E-state index in [1.807, 2.05) is 24.3 Å². The second-order valence-electron chi connectivity index (χ2n) is 7.43. The Kier molecular flexibility index (Phi) is 6.39. The summed E-state index contributed by atoms with van der Waals surface area (Å²) < 4.78 is 24.7. The van der Waals surface area contributed by atoms with Crippen molar-refractivity contribution in [2.24, 2.45) is 0 Å². The van der Waals surface area contributed by atoms with Gasteiger partial charge in [-0.2, -0.15) is 0 Å². The molecule has 1 N–H and O–H groups in total. The normalized spacial score (nSPS) is 12.1. The van der Waals surface area contributed by atoms with Crippen LogP contribution in [0.5, 0.6) is 5.75 Å². The molecule has 0 fully saturated rings. The lowest BCUT2D eigenvalue weighted by Gasteiger charge is -2.13. The molecular formula is C24H22FN3O4. The Bertz CT molecular complexity index is 1240. The zero-order valence-corrected chi connectivity index (χ0v) is 17.5. The van der Waals surface area contributed by atoms with Crippen LogP contribution in [0, 0.1) is 5.82 Å². The standard InChI is InChI=1S/C24H22FN3O4/c1-31-21-10-8-16(12-20(21)25)19(13-22(29)30)24-28-18(14-32-24)6-2-5-17-9-7-15-4-3-11-26-23(15)27-17/h3-4,7-12,14,19H,2,5-6,13H2,1H3,(H,29,30). The summed E-state index contributed by atoms with van der Waals surface area (Å²) in [6, 6.07) is 12.2. The lowest BCUT2D eigenvalue weighted by Crippen LogP contribution is -2.09. The Morgan fingerprint density at radius 3 is 2.78 bits per heavy atom. The summed E-state index contributed by atoms with van der Waals surface area (Å²) in [6.45, 7) is 0. The number of aromatic nitrogens is 3. The molecule has 1 atom stereocenters. The van der Waals surface area contributed by atoms with E-state index >= 15 is 0 Å². The number of carboxylic acid groups (broad SMARTS) is 1. The number of hydrogen-bond donors (Lipinski definition) is 1. The van der Waals surface area contributed by atoms with E-state index in [2.05, 4.69) is 15.0 Å². The second kappa shape index (κ2) is 9.55. The van der Waals surface area contributed by atoms with E-state index in [1.165, 1.54) is 25.5 Å². The van der Waals surface area contributed by atoms with Crippen LogP contribution in [-0.4, -0.2) is 33.1 Å². The molecular weight excluding hydrogens is 413 g/mol. The molecule has 0 amide bonds. The number of aryl methyl sites for hydroxylation is 2. The summed E-state index contributed by atoms with van der Waals surface area (Å²) in [6.07, 6.45) is 5.16. The van der Waals surface area contributed by atoms with Crippen LogP contribution in [0.15, 0.2) is 59.3 Å². The highest BCUT2D eigenvalue weighted by Crippen LogP contribution is 2.30. The van der Waals surface area contributed by atoms with Crippen LogP contribution < -0.4 is 4.74 Å². The molecule has 3 aromatic heterocycles. The van der Waals surface area contributed by atoms with Gasteiger partial charge in [0.1, 0.15) is 6.26 Å². The van der Waals surface area contributed by atoms with Crippen LogP contribution in [0.4, 0.5) is 4.39 Å². The number of methoxy groups -OCH3 is 1. The highest BCUT2D eigenvalue weighted by atomic mass is 19.1. The Hall–Kier alpha value is -3.81. The molecule has 0 spiro atoms. The molecule has 4 aromatic rings. The lowest BCUT2D eigenvalue weighted by atomic mass is 9.95. The minimum Gasteiger partial charge on any atom is -0.494 e. The maximum atomic E-state index is 14.2. The van der Waals surface area contributed by atoms with E-state index < -0.39 is 17.7 Å². The van der Waals surface area contributed by atoms with E-state index in [9.17, 15) is 14.3 Å². The predicted molar refractivity (Wildman–Crippen MR) is 115 cm³/mol. The number of hydrogen-bond acceptors (Lipinski definition) is 6. The van der Waals surface area contributed by atoms with Gasteiger partial charge in [0.25, 0.3) is 0 Å². The zero-order valence-electron chi connectivity index (χ0n) is 17.5. The largest absolute Gasteiger partial charge is 0.494 e. The fourth-order valence-electron chi connectivity index (χ4n) is 3.60. The van der Waals surface area contributed by atoms with Gasteiger partial charge in [-0.15, -0.1) is 0 Å². The number of ether oxygens (including phenoxy) is 1. The van der Waals surface area contributed by atoms with E-state index in [1.54, 1.807) is 12.3 Å². The average Bonchev–Trinajstić information content (AvgIpc) is 3.26. The monoisotopic (exact) mass is 435 g/mol. The highest BCUT2D eigenvalue weighted by Gasteiger charge is 2.24. The molecule has 0 aliphatic rings. The molecule has 1 aromatic carbocycles. The van der Waals surface area contributed by atoms with E-state index in [0.29, 0.717) is 17.7 Å². The van der Waals surface area contributed by atoms with Crippen molar-refractivity contribution in [3.8, 4) is 5.75 Å². The first-order valence-electron chi connectivity index (χ1n) is 10.2. The van der Waals surface area contributed by atoms with E-state index in [-0.39, 0.29) is 18.1 Å². The fourth-order valence-corrected chi connectivity index (χ4v) is 3.60. The molecule has 0 radical (unpaired) electrons. The molecule has 8 heteroatoms. The Balaban J connectivity index is 1.45. The van der Waals surface area contributed by atoms with Gasteiger partial charge >= 0.3 is 5.97 Å². The van der Waals surface area contributed by atoms with Gasteiger partial charge in [0.05, 0.1) is 25.1 Å². The Morgan fingerprint density at radius 1 is 1.16 bits per heavy atom. The van der Waals surface area contributed by atoms with Gasteiger partial charge in [-0.1, -0.05) is 6.07 Å². The van der Waals surface area contributed by atoms with Crippen molar-refractivity contribution >= 4 is 17.0 Å². The molecule has 7 nitrogen and oxygen atoms in total. The summed E-state index contributed by atoms with van der Waals surface area (Å²) in [5, 5.41) is 10.3. The van der Waals surface area contributed by atoms with Crippen LogP contribution in [0.25, 0.3) is 11.0 Å². The minimum atomic E-state index is -1.03. The zero-order chi connectivity index (χ0) is 22.5. The van der Waals surface area contributed by atoms with Crippen molar-refractivity contribution in [2.75, 3.05) is 7.11 Å². The number of pyridine rings is 2.